The van der Waals surface area contributed by atoms with Crippen LogP contribution in [-0.2, 0) is 9.59 Å². The van der Waals surface area contributed by atoms with Gasteiger partial charge in [0, 0.05) is 17.0 Å². The maximum absolute atomic E-state index is 12.3. The SMILES string of the molecule is CSc1cccc(NC(=O)CCC2NC(=O)c3ccccc3NC2=O)c1. The Balaban J connectivity index is 1.60. The van der Waals surface area contributed by atoms with Crippen molar-refractivity contribution in [1.29, 1.82) is 0 Å². The summed E-state index contributed by atoms with van der Waals surface area (Å²) >= 11 is 1.59. The number of carbonyl (C=O) groups excluding carboxylic acids is 3. The minimum atomic E-state index is -0.752. The van der Waals surface area contributed by atoms with Crippen molar-refractivity contribution in [2.75, 3.05) is 16.9 Å². The summed E-state index contributed by atoms with van der Waals surface area (Å²) in [5, 5.41) is 8.24. The molecule has 0 saturated carbocycles. The normalized spacial score (nSPS) is 16.1. The predicted octanol–water partition coefficient (Wildman–Crippen LogP) is 2.88. The lowest BCUT2D eigenvalue weighted by Gasteiger charge is -2.14. The second kappa shape index (κ2) is 8.05. The molecule has 0 aliphatic carbocycles. The maximum atomic E-state index is 12.3. The molecule has 134 valence electrons. The van der Waals surface area contributed by atoms with Crippen LogP contribution in [0.3, 0.4) is 0 Å². The first-order valence-electron chi connectivity index (χ1n) is 8.21. The second-order valence-corrected chi connectivity index (χ2v) is 6.76. The van der Waals surface area contributed by atoms with E-state index in [-0.39, 0.29) is 30.6 Å². The molecule has 2 aromatic carbocycles. The Morgan fingerprint density at radius 3 is 2.77 bits per heavy atom. The summed E-state index contributed by atoms with van der Waals surface area (Å²) in [7, 11) is 0. The predicted molar refractivity (Wildman–Crippen MR) is 102 cm³/mol. The Morgan fingerprint density at radius 2 is 1.96 bits per heavy atom. The van der Waals surface area contributed by atoms with Crippen LogP contribution in [0, 0.1) is 0 Å². The molecule has 3 rings (SSSR count). The van der Waals surface area contributed by atoms with E-state index >= 15 is 0 Å². The first kappa shape index (κ1) is 18.0. The fraction of sp³-hybridized carbons (Fsp3) is 0.211. The Labute approximate surface area is 155 Å². The minimum Gasteiger partial charge on any atom is -0.340 e. The van der Waals surface area contributed by atoms with Crippen molar-refractivity contribution < 1.29 is 14.4 Å². The van der Waals surface area contributed by atoms with E-state index < -0.39 is 6.04 Å². The molecule has 26 heavy (non-hydrogen) atoms. The minimum absolute atomic E-state index is 0.123. The van der Waals surface area contributed by atoms with Crippen LogP contribution in [-0.4, -0.2) is 30.0 Å². The smallest absolute Gasteiger partial charge is 0.254 e. The standard InChI is InChI=1S/C19H19N3O3S/c1-26-13-6-4-5-12(11-13)20-17(23)10-9-16-19(25)21-15-8-3-2-7-14(15)18(24)22-16/h2-8,11,16H,9-10H2,1H3,(H,20,23)(H,21,25)(H,22,24). The molecule has 0 aromatic heterocycles. The molecule has 0 radical (unpaired) electrons. The number of thioether (sulfide) groups is 1. The number of amides is 3. The summed E-state index contributed by atoms with van der Waals surface area (Å²) in [5.41, 5.74) is 1.61. The van der Waals surface area contributed by atoms with E-state index in [2.05, 4.69) is 16.0 Å². The highest BCUT2D eigenvalue weighted by atomic mass is 32.2. The van der Waals surface area contributed by atoms with Gasteiger partial charge in [-0.2, -0.15) is 0 Å². The first-order chi connectivity index (χ1) is 12.6. The summed E-state index contributed by atoms with van der Waals surface area (Å²) < 4.78 is 0. The zero-order chi connectivity index (χ0) is 18.5. The van der Waals surface area contributed by atoms with Gasteiger partial charge in [-0.15, -0.1) is 11.8 Å². The molecule has 1 atom stereocenters. The maximum Gasteiger partial charge on any atom is 0.254 e. The van der Waals surface area contributed by atoms with Crippen LogP contribution in [0.1, 0.15) is 23.2 Å². The van der Waals surface area contributed by atoms with Crippen LogP contribution >= 0.6 is 11.8 Å². The number of carbonyl (C=O) groups is 3. The zero-order valence-corrected chi connectivity index (χ0v) is 15.1. The van der Waals surface area contributed by atoms with Crippen molar-refractivity contribution in [3.8, 4) is 0 Å². The van der Waals surface area contributed by atoms with Gasteiger partial charge in [0.25, 0.3) is 5.91 Å². The summed E-state index contributed by atoms with van der Waals surface area (Å²) in [6, 6.07) is 13.6. The van der Waals surface area contributed by atoms with E-state index in [1.54, 1.807) is 36.0 Å². The molecule has 1 aliphatic heterocycles. The third-order valence-corrected chi connectivity index (χ3v) is 4.79. The lowest BCUT2D eigenvalue weighted by atomic mass is 10.1. The molecular formula is C19H19N3O3S. The van der Waals surface area contributed by atoms with Crippen LogP contribution in [0.15, 0.2) is 53.4 Å². The van der Waals surface area contributed by atoms with Crippen molar-refractivity contribution in [2.45, 2.75) is 23.8 Å². The Kier molecular flexibility index (Phi) is 5.58. The largest absolute Gasteiger partial charge is 0.340 e. The topological polar surface area (TPSA) is 87.3 Å². The van der Waals surface area contributed by atoms with Gasteiger partial charge in [0.05, 0.1) is 11.3 Å². The fourth-order valence-corrected chi connectivity index (χ4v) is 3.17. The summed E-state index contributed by atoms with van der Waals surface area (Å²) in [6.07, 6.45) is 2.31. The highest BCUT2D eigenvalue weighted by Gasteiger charge is 2.27. The summed E-state index contributed by atoms with van der Waals surface area (Å²) in [6.45, 7) is 0. The van der Waals surface area contributed by atoms with E-state index in [1.807, 2.05) is 30.5 Å². The quantitative estimate of drug-likeness (QED) is 0.707. The molecule has 2 aromatic rings. The van der Waals surface area contributed by atoms with Gasteiger partial charge >= 0.3 is 0 Å². The van der Waals surface area contributed by atoms with Crippen molar-refractivity contribution in [3.05, 3.63) is 54.1 Å². The molecule has 1 heterocycles. The number of anilines is 2. The number of hydrogen-bond donors (Lipinski definition) is 3. The third kappa shape index (κ3) is 4.23. The molecule has 6 nitrogen and oxygen atoms in total. The number of benzene rings is 2. The number of hydrogen-bond acceptors (Lipinski definition) is 4. The average Bonchev–Trinajstić information content (AvgIpc) is 2.76. The van der Waals surface area contributed by atoms with Gasteiger partial charge in [0.2, 0.25) is 11.8 Å². The molecule has 0 fully saturated rings. The van der Waals surface area contributed by atoms with Crippen LogP contribution < -0.4 is 16.0 Å². The molecule has 0 bridgehead atoms. The third-order valence-electron chi connectivity index (χ3n) is 4.06. The van der Waals surface area contributed by atoms with Crippen molar-refractivity contribution in [1.82, 2.24) is 5.32 Å². The van der Waals surface area contributed by atoms with E-state index in [0.29, 0.717) is 16.9 Å². The fourth-order valence-electron chi connectivity index (χ4n) is 2.71. The van der Waals surface area contributed by atoms with E-state index in [0.717, 1.165) is 4.90 Å². The molecule has 3 N–H and O–H groups in total. The summed E-state index contributed by atoms with van der Waals surface area (Å²) in [5.74, 6) is -0.843. The molecule has 0 spiro atoms. The van der Waals surface area contributed by atoms with Crippen LogP contribution in [0.25, 0.3) is 0 Å². The highest BCUT2D eigenvalue weighted by molar-refractivity contribution is 7.98. The van der Waals surface area contributed by atoms with Gasteiger partial charge in [0.15, 0.2) is 0 Å². The molecular weight excluding hydrogens is 350 g/mol. The average molecular weight is 369 g/mol. The van der Waals surface area contributed by atoms with Gasteiger partial charge < -0.3 is 16.0 Å². The van der Waals surface area contributed by atoms with E-state index in [9.17, 15) is 14.4 Å². The number of rotatable bonds is 5. The molecule has 7 heteroatoms. The highest BCUT2D eigenvalue weighted by Crippen LogP contribution is 2.21. The molecule has 0 saturated heterocycles. The van der Waals surface area contributed by atoms with Crippen LogP contribution in [0.4, 0.5) is 11.4 Å². The summed E-state index contributed by atoms with van der Waals surface area (Å²) in [4.78, 5) is 37.8. The van der Waals surface area contributed by atoms with E-state index in [1.165, 1.54) is 0 Å². The Morgan fingerprint density at radius 1 is 1.15 bits per heavy atom. The Bertz CT molecular complexity index is 853. The number of para-hydroxylation sites is 1. The lowest BCUT2D eigenvalue weighted by molar-refractivity contribution is -0.118. The van der Waals surface area contributed by atoms with Crippen molar-refractivity contribution >= 4 is 40.9 Å². The van der Waals surface area contributed by atoms with E-state index in [4.69, 9.17) is 0 Å². The van der Waals surface area contributed by atoms with Crippen molar-refractivity contribution in [3.63, 3.8) is 0 Å². The number of nitrogens with one attached hydrogen (secondary N) is 3. The monoisotopic (exact) mass is 369 g/mol. The molecule has 1 aliphatic rings. The van der Waals surface area contributed by atoms with Crippen molar-refractivity contribution in [2.24, 2.45) is 0 Å². The molecule has 1 unspecified atom stereocenters. The lowest BCUT2D eigenvalue weighted by Crippen LogP contribution is -2.41. The van der Waals surface area contributed by atoms with Gasteiger partial charge in [-0.3, -0.25) is 14.4 Å². The molecule has 3 amide bonds. The van der Waals surface area contributed by atoms with Crippen LogP contribution in [0.2, 0.25) is 0 Å². The van der Waals surface area contributed by atoms with Gasteiger partial charge in [0.1, 0.15) is 6.04 Å². The zero-order valence-electron chi connectivity index (χ0n) is 14.2. The van der Waals surface area contributed by atoms with Gasteiger partial charge in [-0.25, -0.2) is 0 Å². The Hall–Kier alpha value is -2.80. The van der Waals surface area contributed by atoms with Gasteiger partial charge in [-0.1, -0.05) is 18.2 Å². The first-order valence-corrected chi connectivity index (χ1v) is 9.44. The van der Waals surface area contributed by atoms with Crippen LogP contribution in [0.5, 0.6) is 0 Å². The van der Waals surface area contributed by atoms with Gasteiger partial charge in [-0.05, 0) is 43.0 Å². The second-order valence-electron chi connectivity index (χ2n) is 5.88. The number of fused-ring (bicyclic) bond motifs is 1.